The van der Waals surface area contributed by atoms with Crippen molar-refractivity contribution in [2.45, 2.75) is 0 Å². The Labute approximate surface area is 239 Å². The van der Waals surface area contributed by atoms with Crippen LogP contribution in [-0.4, -0.2) is 177 Å². The van der Waals surface area contributed by atoms with Gasteiger partial charge in [0.15, 0.2) is 0 Å². The van der Waals surface area contributed by atoms with Gasteiger partial charge in [0.1, 0.15) is 0 Å². The number of hydrogen-bond acceptors (Lipinski definition) is 14. The van der Waals surface area contributed by atoms with Crippen LogP contribution in [0.15, 0.2) is 0 Å². The van der Waals surface area contributed by atoms with Crippen LogP contribution in [0.25, 0.3) is 0 Å². The predicted molar refractivity (Wildman–Crippen MR) is 146 cm³/mol. The summed E-state index contributed by atoms with van der Waals surface area (Å²) in [7, 11) is 0. The van der Waals surface area contributed by atoms with Crippen molar-refractivity contribution in [1.82, 2.24) is 0 Å². The van der Waals surface area contributed by atoms with E-state index in [0.717, 1.165) is 0 Å². The quantitative estimate of drug-likeness (QED) is 0.0862. The molecule has 14 heteroatoms. The maximum atomic E-state index is 8.56. The number of rotatable bonds is 37. The van der Waals surface area contributed by atoms with Crippen molar-refractivity contribution in [1.29, 1.82) is 0 Å². The molecule has 40 heavy (non-hydrogen) atoms. The second-order valence-corrected chi connectivity index (χ2v) is 7.86. The number of aliphatic hydroxyl groups excluding tert-OH is 1. The van der Waals surface area contributed by atoms with Crippen molar-refractivity contribution in [3.63, 3.8) is 0 Å². The Morgan fingerprint density at radius 3 is 0.550 bits per heavy atom. The molecule has 0 amide bonds. The maximum absolute atomic E-state index is 8.56. The van der Waals surface area contributed by atoms with Gasteiger partial charge in [0.05, 0.1) is 165 Å². The monoisotopic (exact) mass is 589 g/mol. The SMILES string of the molecule is NCCOCCOCCOCCOCCOCCOCCOCCOCCOCCOCCOCCOCCO. The second-order valence-electron chi connectivity index (χ2n) is 7.86. The molecular formula is C26H55NO13. The van der Waals surface area contributed by atoms with Crippen LogP contribution >= 0.6 is 0 Å². The second kappa shape index (κ2) is 38.4. The molecule has 0 aromatic rings. The van der Waals surface area contributed by atoms with Crippen LogP contribution in [0.3, 0.4) is 0 Å². The smallest absolute Gasteiger partial charge is 0.0701 e. The van der Waals surface area contributed by atoms with Crippen LogP contribution in [0.1, 0.15) is 0 Å². The van der Waals surface area contributed by atoms with E-state index in [-0.39, 0.29) is 6.61 Å². The van der Waals surface area contributed by atoms with Crippen molar-refractivity contribution in [3.05, 3.63) is 0 Å². The average Bonchev–Trinajstić information content (AvgIpc) is 2.97. The lowest BCUT2D eigenvalue weighted by atomic mass is 10.6. The van der Waals surface area contributed by atoms with E-state index >= 15 is 0 Å². The van der Waals surface area contributed by atoms with Gasteiger partial charge in [0.25, 0.3) is 0 Å². The first-order valence-corrected chi connectivity index (χ1v) is 14.2. The lowest BCUT2D eigenvalue weighted by Gasteiger charge is -2.09. The van der Waals surface area contributed by atoms with E-state index in [9.17, 15) is 0 Å². The van der Waals surface area contributed by atoms with Crippen LogP contribution in [0.4, 0.5) is 0 Å². The third kappa shape index (κ3) is 37.4. The maximum Gasteiger partial charge on any atom is 0.0701 e. The van der Waals surface area contributed by atoms with Gasteiger partial charge in [0.2, 0.25) is 0 Å². The minimum absolute atomic E-state index is 0.0256. The zero-order chi connectivity index (χ0) is 28.9. The summed E-state index contributed by atoms with van der Waals surface area (Å²) in [6.07, 6.45) is 0. The molecule has 3 N–H and O–H groups in total. The van der Waals surface area contributed by atoms with Crippen molar-refractivity contribution in [2.24, 2.45) is 5.73 Å². The van der Waals surface area contributed by atoms with Gasteiger partial charge in [-0.1, -0.05) is 0 Å². The highest BCUT2D eigenvalue weighted by molar-refractivity contribution is 4.39. The summed E-state index contributed by atoms with van der Waals surface area (Å²) in [6.45, 7) is 12.7. The average molecular weight is 590 g/mol. The molecule has 0 rings (SSSR count). The zero-order valence-corrected chi connectivity index (χ0v) is 24.3. The standard InChI is InChI=1S/C26H55NO13/c27-1-3-29-5-7-31-9-11-33-13-15-35-17-19-37-21-23-39-25-26-40-24-22-38-20-18-36-16-14-34-12-10-32-8-6-30-4-2-28/h28H,1-27H2. The predicted octanol–water partition coefficient (Wildman–Crippen LogP) is -0.863. The lowest BCUT2D eigenvalue weighted by Crippen LogP contribution is -2.15. The number of hydrogen-bond donors (Lipinski definition) is 2. The fourth-order valence-electron chi connectivity index (χ4n) is 2.67. The van der Waals surface area contributed by atoms with Crippen LogP contribution in [0, 0.1) is 0 Å². The minimum Gasteiger partial charge on any atom is -0.394 e. The molecule has 0 aliphatic heterocycles. The normalized spacial score (nSPS) is 11.6. The van der Waals surface area contributed by atoms with Gasteiger partial charge in [-0.05, 0) is 0 Å². The molecule has 0 saturated carbocycles. The molecule has 0 heterocycles. The Bertz CT molecular complexity index is 403. The van der Waals surface area contributed by atoms with E-state index in [1.807, 2.05) is 0 Å². The highest BCUT2D eigenvalue weighted by atomic mass is 16.6. The summed E-state index contributed by atoms with van der Waals surface area (Å²) in [5.41, 5.74) is 5.32. The first-order chi connectivity index (χ1) is 19.9. The van der Waals surface area contributed by atoms with E-state index < -0.39 is 0 Å². The molecule has 0 atom stereocenters. The first-order valence-electron chi connectivity index (χ1n) is 14.2. The third-order valence-corrected chi connectivity index (χ3v) is 4.59. The molecule has 0 spiro atoms. The van der Waals surface area contributed by atoms with E-state index in [1.165, 1.54) is 0 Å². The molecule has 0 bridgehead atoms. The Hall–Kier alpha value is -0.560. The molecule has 0 aromatic heterocycles. The molecular weight excluding hydrogens is 534 g/mol. The molecule has 0 fully saturated rings. The molecule has 0 radical (unpaired) electrons. The molecule has 0 aromatic carbocycles. The van der Waals surface area contributed by atoms with Crippen molar-refractivity contribution in [2.75, 3.05) is 172 Å². The fourth-order valence-corrected chi connectivity index (χ4v) is 2.67. The summed E-state index contributed by atoms with van der Waals surface area (Å²) in [5, 5.41) is 8.56. The number of aliphatic hydroxyl groups is 1. The van der Waals surface area contributed by atoms with Crippen LogP contribution < -0.4 is 5.73 Å². The minimum atomic E-state index is 0.0256. The van der Waals surface area contributed by atoms with E-state index in [1.54, 1.807) is 0 Å². The van der Waals surface area contributed by atoms with Crippen LogP contribution in [0.2, 0.25) is 0 Å². The topological polar surface area (TPSA) is 157 Å². The van der Waals surface area contributed by atoms with Crippen LogP contribution in [-0.2, 0) is 56.8 Å². The van der Waals surface area contributed by atoms with E-state index in [2.05, 4.69) is 0 Å². The first kappa shape index (κ1) is 39.4. The number of nitrogens with two attached hydrogens (primary N) is 1. The summed E-state index contributed by atoms with van der Waals surface area (Å²) < 4.78 is 64.4. The van der Waals surface area contributed by atoms with Gasteiger partial charge >= 0.3 is 0 Å². The Morgan fingerprint density at radius 2 is 0.400 bits per heavy atom. The van der Waals surface area contributed by atoms with Crippen LogP contribution in [0.5, 0.6) is 0 Å². The van der Waals surface area contributed by atoms with Gasteiger partial charge in [0, 0.05) is 6.54 Å². The Morgan fingerprint density at radius 1 is 0.250 bits per heavy atom. The zero-order valence-electron chi connectivity index (χ0n) is 24.3. The van der Waals surface area contributed by atoms with E-state index in [4.69, 9.17) is 67.7 Å². The molecule has 14 nitrogen and oxygen atoms in total. The highest BCUT2D eigenvalue weighted by Gasteiger charge is 1.96. The molecule has 0 aliphatic carbocycles. The largest absolute Gasteiger partial charge is 0.394 e. The molecule has 242 valence electrons. The van der Waals surface area contributed by atoms with Gasteiger partial charge in [-0.2, -0.15) is 0 Å². The van der Waals surface area contributed by atoms with Gasteiger partial charge in [-0.3, -0.25) is 0 Å². The van der Waals surface area contributed by atoms with E-state index in [0.29, 0.717) is 165 Å². The summed E-state index contributed by atoms with van der Waals surface area (Å²) in [5.74, 6) is 0. The Balaban J connectivity index is 3.01. The molecule has 0 unspecified atom stereocenters. The van der Waals surface area contributed by atoms with Gasteiger partial charge < -0.3 is 67.7 Å². The highest BCUT2D eigenvalue weighted by Crippen LogP contribution is 1.87. The Kier molecular flexibility index (Phi) is 37.9. The lowest BCUT2D eigenvalue weighted by molar-refractivity contribution is -0.0285. The van der Waals surface area contributed by atoms with Gasteiger partial charge in [-0.15, -0.1) is 0 Å². The van der Waals surface area contributed by atoms with Crippen molar-refractivity contribution in [3.8, 4) is 0 Å². The van der Waals surface area contributed by atoms with Gasteiger partial charge in [-0.25, -0.2) is 0 Å². The summed E-state index contributed by atoms with van der Waals surface area (Å²) in [4.78, 5) is 0. The molecule has 0 aliphatic rings. The molecule has 0 saturated heterocycles. The fraction of sp³-hybridized carbons (Fsp3) is 1.00. The van der Waals surface area contributed by atoms with Crippen molar-refractivity contribution < 1.29 is 61.9 Å². The summed E-state index contributed by atoms with van der Waals surface area (Å²) in [6, 6.07) is 0. The summed E-state index contributed by atoms with van der Waals surface area (Å²) >= 11 is 0. The third-order valence-electron chi connectivity index (χ3n) is 4.59. The van der Waals surface area contributed by atoms with Crippen molar-refractivity contribution >= 4 is 0 Å². The number of ether oxygens (including phenoxy) is 12.